The monoisotopic (exact) mass is 240 g/mol. The molecule has 1 heterocycles. The van der Waals surface area contributed by atoms with Crippen LogP contribution in [0.15, 0.2) is 18.3 Å². The van der Waals surface area contributed by atoms with Gasteiger partial charge in [0.05, 0.1) is 5.56 Å². The number of nitrogens with zero attached hydrogens (tertiary/aromatic N) is 1. The fourth-order valence-electron chi connectivity index (χ4n) is 1.40. The molecule has 0 unspecified atom stereocenters. The zero-order valence-electron chi connectivity index (χ0n) is 9.66. The van der Waals surface area contributed by atoms with E-state index in [2.05, 4.69) is 10.3 Å². The van der Waals surface area contributed by atoms with Crippen LogP contribution in [0.1, 0.15) is 36.0 Å². The summed E-state index contributed by atoms with van der Waals surface area (Å²) in [5, 5.41) is 11.3. The van der Waals surface area contributed by atoms with Crippen molar-refractivity contribution in [2.24, 2.45) is 0 Å². The quantitative estimate of drug-likeness (QED) is 0.561. The standard InChI is InChI=1S/C12H17FN2O2/c13-11-6-5-10(9-15-11)12(17)14-7-3-1-2-4-8-16/h5-6,9,16H,1-4,7-8H2,(H,14,17). The number of amides is 1. The molecule has 0 aromatic carbocycles. The molecule has 0 fully saturated rings. The summed E-state index contributed by atoms with van der Waals surface area (Å²) in [6.07, 6.45) is 4.83. The number of aliphatic hydroxyl groups is 1. The van der Waals surface area contributed by atoms with Crippen LogP contribution in [-0.4, -0.2) is 29.1 Å². The molecule has 0 atom stereocenters. The van der Waals surface area contributed by atoms with Gasteiger partial charge < -0.3 is 10.4 Å². The molecular formula is C12H17FN2O2. The van der Waals surface area contributed by atoms with Gasteiger partial charge >= 0.3 is 0 Å². The Bertz CT molecular complexity index is 341. The Morgan fingerprint density at radius 2 is 2.06 bits per heavy atom. The molecule has 0 radical (unpaired) electrons. The van der Waals surface area contributed by atoms with Crippen molar-refractivity contribution in [3.63, 3.8) is 0 Å². The molecule has 0 saturated carbocycles. The first-order chi connectivity index (χ1) is 8.24. The molecule has 0 aliphatic carbocycles. The molecular weight excluding hydrogens is 223 g/mol. The summed E-state index contributed by atoms with van der Waals surface area (Å²) in [7, 11) is 0. The lowest BCUT2D eigenvalue weighted by molar-refractivity contribution is 0.0952. The Morgan fingerprint density at radius 3 is 2.71 bits per heavy atom. The van der Waals surface area contributed by atoms with Crippen LogP contribution < -0.4 is 5.32 Å². The van der Waals surface area contributed by atoms with Gasteiger partial charge in [0.25, 0.3) is 5.91 Å². The molecule has 0 aliphatic heterocycles. The molecule has 0 aliphatic rings. The summed E-state index contributed by atoms with van der Waals surface area (Å²) in [4.78, 5) is 14.9. The van der Waals surface area contributed by atoms with Crippen LogP contribution in [0.4, 0.5) is 4.39 Å². The second-order valence-corrected chi connectivity index (χ2v) is 3.76. The number of aliphatic hydroxyl groups excluding tert-OH is 1. The highest BCUT2D eigenvalue weighted by molar-refractivity contribution is 5.93. The zero-order chi connectivity index (χ0) is 12.5. The van der Waals surface area contributed by atoms with Gasteiger partial charge in [0.1, 0.15) is 0 Å². The molecule has 5 heteroatoms. The Balaban J connectivity index is 2.19. The van der Waals surface area contributed by atoms with Crippen molar-refractivity contribution in [1.29, 1.82) is 0 Å². The first-order valence-corrected chi connectivity index (χ1v) is 5.74. The van der Waals surface area contributed by atoms with Crippen LogP contribution >= 0.6 is 0 Å². The van der Waals surface area contributed by atoms with Gasteiger partial charge in [0, 0.05) is 19.3 Å². The lowest BCUT2D eigenvalue weighted by Crippen LogP contribution is -2.24. The van der Waals surface area contributed by atoms with E-state index in [0.717, 1.165) is 31.7 Å². The molecule has 0 bridgehead atoms. The lowest BCUT2D eigenvalue weighted by atomic mass is 10.2. The van der Waals surface area contributed by atoms with E-state index in [1.807, 2.05) is 0 Å². The van der Waals surface area contributed by atoms with Gasteiger partial charge in [0.2, 0.25) is 5.95 Å². The van der Waals surface area contributed by atoms with E-state index in [0.29, 0.717) is 12.1 Å². The smallest absolute Gasteiger partial charge is 0.252 e. The molecule has 94 valence electrons. The Labute approximate surface area is 99.9 Å². The van der Waals surface area contributed by atoms with Gasteiger partial charge in [-0.2, -0.15) is 4.39 Å². The van der Waals surface area contributed by atoms with Gasteiger partial charge in [-0.05, 0) is 25.0 Å². The van der Waals surface area contributed by atoms with E-state index in [4.69, 9.17) is 5.11 Å². The number of rotatable bonds is 7. The van der Waals surface area contributed by atoms with Crippen molar-refractivity contribution in [1.82, 2.24) is 10.3 Å². The highest BCUT2D eigenvalue weighted by Gasteiger charge is 2.04. The van der Waals surface area contributed by atoms with Crippen molar-refractivity contribution in [2.75, 3.05) is 13.2 Å². The van der Waals surface area contributed by atoms with Gasteiger partial charge in [-0.25, -0.2) is 4.98 Å². The number of hydrogen-bond donors (Lipinski definition) is 2. The van der Waals surface area contributed by atoms with Crippen molar-refractivity contribution < 1.29 is 14.3 Å². The summed E-state index contributed by atoms with van der Waals surface area (Å²) in [6, 6.07) is 2.57. The maximum atomic E-state index is 12.5. The number of hydrogen-bond acceptors (Lipinski definition) is 3. The highest BCUT2D eigenvalue weighted by Crippen LogP contribution is 2.00. The fourth-order valence-corrected chi connectivity index (χ4v) is 1.40. The number of halogens is 1. The SMILES string of the molecule is O=C(NCCCCCCO)c1ccc(F)nc1. The minimum absolute atomic E-state index is 0.216. The number of carbonyl (C=O) groups excluding carboxylic acids is 1. The second kappa shape index (κ2) is 7.73. The maximum absolute atomic E-state index is 12.5. The van der Waals surface area contributed by atoms with E-state index >= 15 is 0 Å². The van der Waals surface area contributed by atoms with Crippen molar-refractivity contribution >= 4 is 5.91 Å². The minimum atomic E-state index is -0.592. The topological polar surface area (TPSA) is 62.2 Å². The van der Waals surface area contributed by atoms with Crippen LogP contribution in [0.25, 0.3) is 0 Å². The second-order valence-electron chi connectivity index (χ2n) is 3.76. The first kappa shape index (κ1) is 13.6. The third-order valence-corrected chi connectivity index (χ3v) is 2.36. The zero-order valence-corrected chi connectivity index (χ0v) is 9.66. The van der Waals surface area contributed by atoms with Gasteiger partial charge in [0.15, 0.2) is 0 Å². The van der Waals surface area contributed by atoms with Crippen LogP contribution in [0, 0.1) is 5.95 Å². The van der Waals surface area contributed by atoms with Gasteiger partial charge in [-0.1, -0.05) is 12.8 Å². The van der Waals surface area contributed by atoms with Crippen molar-refractivity contribution in [3.05, 3.63) is 29.8 Å². The van der Waals surface area contributed by atoms with Gasteiger partial charge in [-0.15, -0.1) is 0 Å². The molecule has 1 rings (SSSR count). The minimum Gasteiger partial charge on any atom is -0.396 e. The summed E-state index contributed by atoms with van der Waals surface area (Å²) in [5.74, 6) is -0.829. The highest BCUT2D eigenvalue weighted by atomic mass is 19.1. The molecule has 17 heavy (non-hydrogen) atoms. The molecule has 0 spiro atoms. The summed E-state index contributed by atoms with van der Waals surface area (Å²) in [5.41, 5.74) is 0.363. The number of nitrogens with one attached hydrogen (secondary N) is 1. The predicted molar refractivity (Wildman–Crippen MR) is 62.1 cm³/mol. The largest absolute Gasteiger partial charge is 0.396 e. The van der Waals surface area contributed by atoms with Crippen LogP contribution in [0.3, 0.4) is 0 Å². The fraction of sp³-hybridized carbons (Fsp3) is 0.500. The van der Waals surface area contributed by atoms with E-state index in [9.17, 15) is 9.18 Å². The predicted octanol–water partition coefficient (Wildman–Crippen LogP) is 1.50. The van der Waals surface area contributed by atoms with E-state index in [1.54, 1.807) is 0 Å². The number of pyridine rings is 1. The molecule has 2 N–H and O–H groups in total. The summed E-state index contributed by atoms with van der Waals surface area (Å²) >= 11 is 0. The van der Waals surface area contributed by atoms with Crippen LogP contribution in [0.5, 0.6) is 0 Å². The first-order valence-electron chi connectivity index (χ1n) is 5.74. The summed E-state index contributed by atoms with van der Waals surface area (Å²) < 4.78 is 12.5. The Morgan fingerprint density at radius 1 is 1.29 bits per heavy atom. The van der Waals surface area contributed by atoms with E-state index < -0.39 is 5.95 Å². The third kappa shape index (κ3) is 5.40. The van der Waals surface area contributed by atoms with E-state index in [1.165, 1.54) is 12.3 Å². The van der Waals surface area contributed by atoms with Crippen LogP contribution in [0.2, 0.25) is 0 Å². The van der Waals surface area contributed by atoms with Crippen molar-refractivity contribution in [3.8, 4) is 0 Å². The maximum Gasteiger partial charge on any atom is 0.252 e. The number of unbranched alkanes of at least 4 members (excludes halogenated alkanes) is 3. The van der Waals surface area contributed by atoms with E-state index in [-0.39, 0.29) is 12.5 Å². The molecule has 1 amide bonds. The Kier molecular flexibility index (Phi) is 6.17. The molecule has 1 aromatic rings. The van der Waals surface area contributed by atoms with Crippen molar-refractivity contribution in [2.45, 2.75) is 25.7 Å². The normalized spacial score (nSPS) is 10.2. The lowest BCUT2D eigenvalue weighted by Gasteiger charge is -2.04. The number of aromatic nitrogens is 1. The molecule has 0 saturated heterocycles. The number of carbonyl (C=O) groups is 1. The van der Waals surface area contributed by atoms with Crippen LogP contribution in [-0.2, 0) is 0 Å². The summed E-state index contributed by atoms with van der Waals surface area (Å²) in [6.45, 7) is 0.801. The average molecular weight is 240 g/mol. The van der Waals surface area contributed by atoms with Gasteiger partial charge in [-0.3, -0.25) is 4.79 Å². The third-order valence-electron chi connectivity index (χ3n) is 2.36. The molecule has 4 nitrogen and oxygen atoms in total. The Hall–Kier alpha value is -1.49. The average Bonchev–Trinajstić information content (AvgIpc) is 2.34. The molecule has 1 aromatic heterocycles.